The van der Waals surface area contributed by atoms with Crippen molar-refractivity contribution in [2.45, 2.75) is 0 Å². The van der Waals surface area contributed by atoms with Gasteiger partial charge in [-0.3, -0.25) is 14.5 Å². The van der Waals surface area contributed by atoms with E-state index in [1.807, 2.05) is 0 Å². The summed E-state index contributed by atoms with van der Waals surface area (Å²) in [6, 6.07) is 9.31. The van der Waals surface area contributed by atoms with E-state index in [-0.39, 0.29) is 31.6 Å². The molecular weight excluding hydrogens is 407 g/mol. The fourth-order valence-corrected chi connectivity index (χ4v) is 3.37. The van der Waals surface area contributed by atoms with Gasteiger partial charge in [0.05, 0.1) is 17.9 Å². The van der Waals surface area contributed by atoms with Crippen LogP contribution in [0.5, 0.6) is 11.5 Å². The Labute approximate surface area is 157 Å². The first-order valence-corrected chi connectivity index (χ1v) is 8.77. The Bertz CT molecular complexity index is 905. The Hall–Kier alpha value is -2.61. The number of carbonyl (C=O) groups is 2. The van der Waals surface area contributed by atoms with E-state index in [0.29, 0.717) is 29.4 Å². The van der Waals surface area contributed by atoms with Gasteiger partial charge in [0.25, 0.3) is 5.91 Å². The zero-order valence-electron chi connectivity index (χ0n) is 13.6. The molecule has 0 saturated heterocycles. The summed E-state index contributed by atoms with van der Waals surface area (Å²) in [5, 5.41) is 0. The Balaban J connectivity index is 1.61. The first-order valence-electron chi connectivity index (χ1n) is 7.98. The molecule has 0 radical (unpaired) electrons. The van der Waals surface area contributed by atoms with Gasteiger partial charge in [-0.1, -0.05) is 15.9 Å². The first kappa shape index (κ1) is 16.8. The van der Waals surface area contributed by atoms with Gasteiger partial charge in [0, 0.05) is 10.5 Å². The summed E-state index contributed by atoms with van der Waals surface area (Å²) < 4.78 is 25.1. The average Bonchev–Trinajstić information content (AvgIpc) is 2.63. The molecule has 0 aliphatic carbocycles. The summed E-state index contributed by atoms with van der Waals surface area (Å²) in [5.74, 6) is -0.134. The summed E-state index contributed by atoms with van der Waals surface area (Å²) in [6.45, 7) is 0.348. The molecule has 0 aromatic heterocycles. The Morgan fingerprint density at radius 3 is 2.73 bits per heavy atom. The summed E-state index contributed by atoms with van der Waals surface area (Å²) in [4.78, 5) is 28.1. The largest absolute Gasteiger partial charge is 0.489 e. The molecular formula is C18H14BrFN2O4. The molecule has 6 nitrogen and oxygen atoms in total. The van der Waals surface area contributed by atoms with Gasteiger partial charge >= 0.3 is 0 Å². The number of nitrogens with zero attached hydrogens (tertiary/aromatic N) is 2. The van der Waals surface area contributed by atoms with Crippen molar-refractivity contribution in [3.05, 3.63) is 46.7 Å². The average molecular weight is 421 g/mol. The molecule has 2 aliphatic heterocycles. The van der Waals surface area contributed by atoms with Crippen molar-refractivity contribution in [1.82, 2.24) is 0 Å². The van der Waals surface area contributed by atoms with Gasteiger partial charge in [-0.2, -0.15) is 0 Å². The quantitative estimate of drug-likeness (QED) is 0.749. The molecule has 26 heavy (non-hydrogen) atoms. The number of amides is 2. The van der Waals surface area contributed by atoms with Gasteiger partial charge < -0.3 is 14.4 Å². The van der Waals surface area contributed by atoms with Crippen LogP contribution in [-0.2, 0) is 9.59 Å². The third-order valence-electron chi connectivity index (χ3n) is 4.24. The molecule has 0 unspecified atom stereocenters. The third kappa shape index (κ3) is 3.01. The van der Waals surface area contributed by atoms with Crippen LogP contribution in [-0.4, -0.2) is 38.1 Å². The molecule has 0 atom stereocenters. The number of anilines is 2. The van der Waals surface area contributed by atoms with E-state index >= 15 is 0 Å². The van der Waals surface area contributed by atoms with Gasteiger partial charge in [0.2, 0.25) is 5.91 Å². The molecule has 0 fully saturated rings. The predicted molar refractivity (Wildman–Crippen MR) is 96.2 cm³/mol. The number of benzene rings is 2. The van der Waals surface area contributed by atoms with E-state index < -0.39 is 5.82 Å². The fraction of sp³-hybridized carbons (Fsp3) is 0.222. The number of ether oxygens (including phenoxy) is 2. The zero-order chi connectivity index (χ0) is 18.3. The van der Waals surface area contributed by atoms with Crippen LogP contribution in [0.15, 0.2) is 40.9 Å². The summed E-state index contributed by atoms with van der Waals surface area (Å²) >= 11 is 3.36. The van der Waals surface area contributed by atoms with Gasteiger partial charge in [-0.05, 0) is 30.3 Å². The van der Waals surface area contributed by atoms with E-state index in [0.717, 1.165) is 4.47 Å². The molecule has 0 N–H and O–H groups in total. The molecule has 4 rings (SSSR count). The van der Waals surface area contributed by atoms with Gasteiger partial charge in [0.15, 0.2) is 6.61 Å². The highest BCUT2D eigenvalue weighted by Crippen LogP contribution is 2.36. The molecule has 2 amide bonds. The number of carbonyl (C=O) groups excluding carboxylic acids is 2. The van der Waals surface area contributed by atoms with E-state index in [9.17, 15) is 14.0 Å². The van der Waals surface area contributed by atoms with E-state index in [2.05, 4.69) is 15.9 Å². The van der Waals surface area contributed by atoms with Crippen molar-refractivity contribution in [1.29, 1.82) is 0 Å². The van der Waals surface area contributed by atoms with E-state index in [4.69, 9.17) is 9.47 Å². The number of fused-ring (bicyclic) bond motifs is 2. The lowest BCUT2D eigenvalue weighted by Crippen LogP contribution is -2.48. The van der Waals surface area contributed by atoms with Crippen molar-refractivity contribution >= 4 is 39.1 Å². The van der Waals surface area contributed by atoms with Crippen LogP contribution in [0.2, 0.25) is 0 Å². The highest BCUT2D eigenvalue weighted by molar-refractivity contribution is 9.10. The van der Waals surface area contributed by atoms with Crippen LogP contribution in [0.25, 0.3) is 0 Å². The lowest BCUT2D eigenvalue weighted by molar-refractivity contribution is -0.124. The van der Waals surface area contributed by atoms with Crippen molar-refractivity contribution in [2.24, 2.45) is 0 Å². The minimum Gasteiger partial charge on any atom is -0.489 e. The van der Waals surface area contributed by atoms with Crippen molar-refractivity contribution in [3.8, 4) is 11.5 Å². The maximum atomic E-state index is 13.4. The highest BCUT2D eigenvalue weighted by atomic mass is 79.9. The molecule has 0 bridgehead atoms. The third-order valence-corrected chi connectivity index (χ3v) is 4.74. The topological polar surface area (TPSA) is 59.1 Å². The molecule has 2 aromatic rings. The van der Waals surface area contributed by atoms with Crippen molar-refractivity contribution in [2.75, 3.05) is 36.1 Å². The van der Waals surface area contributed by atoms with Gasteiger partial charge in [-0.15, -0.1) is 0 Å². The van der Waals surface area contributed by atoms with E-state index in [1.165, 1.54) is 28.0 Å². The number of hydrogen-bond donors (Lipinski definition) is 0. The maximum Gasteiger partial charge on any atom is 0.265 e. The smallest absolute Gasteiger partial charge is 0.265 e. The van der Waals surface area contributed by atoms with Crippen LogP contribution in [0.3, 0.4) is 0 Å². The molecule has 134 valence electrons. The lowest BCUT2D eigenvalue weighted by atomic mass is 10.2. The minimum atomic E-state index is -0.430. The summed E-state index contributed by atoms with van der Waals surface area (Å²) in [5.41, 5.74) is 1.05. The number of hydrogen-bond acceptors (Lipinski definition) is 4. The van der Waals surface area contributed by atoms with Gasteiger partial charge in [0.1, 0.15) is 30.5 Å². The second-order valence-corrected chi connectivity index (χ2v) is 6.80. The first-order chi connectivity index (χ1) is 12.5. The van der Waals surface area contributed by atoms with Crippen molar-refractivity contribution < 1.29 is 23.5 Å². The van der Waals surface area contributed by atoms with Gasteiger partial charge in [-0.25, -0.2) is 4.39 Å². The second-order valence-electron chi connectivity index (χ2n) is 5.89. The minimum absolute atomic E-state index is 0.123. The highest BCUT2D eigenvalue weighted by Gasteiger charge is 2.31. The van der Waals surface area contributed by atoms with Crippen LogP contribution < -0.4 is 19.3 Å². The zero-order valence-corrected chi connectivity index (χ0v) is 15.2. The van der Waals surface area contributed by atoms with Crippen molar-refractivity contribution in [3.63, 3.8) is 0 Å². The molecule has 8 heteroatoms. The Morgan fingerprint density at radius 2 is 1.88 bits per heavy atom. The Kier molecular flexibility index (Phi) is 4.28. The normalized spacial score (nSPS) is 15.7. The summed E-state index contributed by atoms with van der Waals surface area (Å²) in [6.07, 6.45) is 0. The molecule has 0 spiro atoms. The second kappa shape index (κ2) is 6.60. The van der Waals surface area contributed by atoms with Crippen LogP contribution in [0.4, 0.5) is 15.8 Å². The lowest BCUT2D eigenvalue weighted by Gasteiger charge is -2.33. The standard InChI is InChI=1S/C18H14BrFN2O4/c19-11-1-3-14-15(7-11)26-10-18(24)22(14)9-17(23)21-5-6-25-16-8-12(20)2-4-13(16)21/h1-4,7-8H,5-6,9-10H2. The maximum absolute atomic E-state index is 13.4. The molecule has 2 aliphatic rings. The SMILES string of the molecule is O=C(CN1C(=O)COc2cc(Br)ccc21)N1CCOc2cc(F)ccc21. The van der Waals surface area contributed by atoms with Crippen LogP contribution >= 0.6 is 15.9 Å². The van der Waals surface area contributed by atoms with Crippen LogP contribution in [0, 0.1) is 5.82 Å². The van der Waals surface area contributed by atoms with Crippen LogP contribution in [0.1, 0.15) is 0 Å². The molecule has 2 aromatic carbocycles. The number of rotatable bonds is 2. The predicted octanol–water partition coefficient (Wildman–Crippen LogP) is 2.74. The fourth-order valence-electron chi connectivity index (χ4n) is 3.03. The monoisotopic (exact) mass is 420 g/mol. The van der Waals surface area contributed by atoms with E-state index in [1.54, 1.807) is 18.2 Å². The number of halogens is 2. The molecule has 2 heterocycles. The Morgan fingerprint density at radius 1 is 1.12 bits per heavy atom. The summed E-state index contributed by atoms with van der Waals surface area (Å²) in [7, 11) is 0. The molecule has 0 saturated carbocycles.